The zero-order valence-electron chi connectivity index (χ0n) is 11.4. The second-order valence-electron chi connectivity index (χ2n) is 4.46. The molecule has 0 aliphatic rings. The van der Waals surface area contributed by atoms with Gasteiger partial charge in [-0.1, -0.05) is 46.8 Å². The Morgan fingerprint density at radius 1 is 1.20 bits per heavy atom. The second-order valence-corrected chi connectivity index (χ2v) is 5.32. The molecule has 1 unspecified atom stereocenters. The van der Waals surface area contributed by atoms with Gasteiger partial charge < -0.3 is 9.47 Å². The van der Waals surface area contributed by atoms with E-state index in [2.05, 4.69) is 22.5 Å². The molecule has 2 aromatic rings. The Morgan fingerprint density at radius 3 is 2.50 bits per heavy atom. The van der Waals surface area contributed by atoms with Gasteiger partial charge in [-0.3, -0.25) is 0 Å². The lowest BCUT2D eigenvalue weighted by atomic mass is 10.1. The zero-order chi connectivity index (χ0) is 14.7. The molecule has 0 amide bonds. The molecule has 0 aliphatic carbocycles. The standard InChI is InChI=1S/C16H15BrO3/c1-10(2)16(18)20-11(3)19-15-9-8-14(17)12-6-4-5-7-13(12)15/h4-9,11H,1H2,2-3H3. The fourth-order valence-corrected chi connectivity index (χ4v) is 2.27. The molecule has 2 aromatic carbocycles. The number of ether oxygens (including phenoxy) is 2. The Labute approximate surface area is 126 Å². The fourth-order valence-electron chi connectivity index (χ4n) is 1.79. The average Bonchev–Trinajstić information content (AvgIpc) is 2.42. The maximum atomic E-state index is 11.5. The van der Waals surface area contributed by atoms with E-state index in [4.69, 9.17) is 9.47 Å². The van der Waals surface area contributed by atoms with Gasteiger partial charge in [0.15, 0.2) is 0 Å². The van der Waals surface area contributed by atoms with Crippen molar-refractivity contribution in [2.45, 2.75) is 20.1 Å². The van der Waals surface area contributed by atoms with Crippen LogP contribution in [-0.4, -0.2) is 12.3 Å². The molecule has 0 N–H and O–H groups in total. The monoisotopic (exact) mass is 334 g/mol. The Kier molecular flexibility index (Phi) is 4.45. The number of carbonyl (C=O) groups is 1. The van der Waals surface area contributed by atoms with Gasteiger partial charge in [-0.25, -0.2) is 4.79 Å². The lowest BCUT2D eigenvalue weighted by Gasteiger charge is -2.17. The van der Waals surface area contributed by atoms with Crippen molar-refractivity contribution in [2.75, 3.05) is 0 Å². The van der Waals surface area contributed by atoms with Gasteiger partial charge in [0.1, 0.15) is 5.75 Å². The summed E-state index contributed by atoms with van der Waals surface area (Å²) in [5.74, 6) is 0.213. The first-order valence-corrected chi connectivity index (χ1v) is 6.98. The van der Waals surface area contributed by atoms with Crippen LogP contribution in [-0.2, 0) is 9.53 Å². The molecule has 0 saturated carbocycles. The minimum atomic E-state index is -0.677. The third-order valence-corrected chi connectivity index (χ3v) is 3.44. The van der Waals surface area contributed by atoms with E-state index >= 15 is 0 Å². The molecule has 20 heavy (non-hydrogen) atoms. The van der Waals surface area contributed by atoms with Gasteiger partial charge in [0.05, 0.1) is 0 Å². The fraction of sp³-hybridized carbons (Fsp3) is 0.188. The normalized spacial score (nSPS) is 11.9. The van der Waals surface area contributed by atoms with Crippen LogP contribution < -0.4 is 4.74 Å². The summed E-state index contributed by atoms with van der Waals surface area (Å²) in [4.78, 5) is 11.5. The van der Waals surface area contributed by atoms with Crippen LogP contribution in [0, 0.1) is 0 Å². The molecule has 0 fully saturated rings. The molecule has 1 atom stereocenters. The third-order valence-electron chi connectivity index (χ3n) is 2.75. The van der Waals surface area contributed by atoms with Crippen LogP contribution in [0.4, 0.5) is 0 Å². The van der Waals surface area contributed by atoms with Gasteiger partial charge in [-0.2, -0.15) is 0 Å². The molecule has 0 saturated heterocycles. The minimum Gasteiger partial charge on any atom is -0.454 e. The van der Waals surface area contributed by atoms with E-state index in [1.807, 2.05) is 36.4 Å². The van der Waals surface area contributed by atoms with Crippen molar-refractivity contribution in [1.82, 2.24) is 0 Å². The molecule has 3 nitrogen and oxygen atoms in total. The summed E-state index contributed by atoms with van der Waals surface area (Å²) in [6, 6.07) is 11.6. The Hall–Kier alpha value is -1.81. The molecule has 0 spiro atoms. The Bertz CT molecular complexity index is 664. The summed E-state index contributed by atoms with van der Waals surface area (Å²) in [6.45, 7) is 6.82. The molecular formula is C16H15BrO3. The highest BCUT2D eigenvalue weighted by molar-refractivity contribution is 9.10. The van der Waals surface area contributed by atoms with E-state index in [0.717, 1.165) is 15.2 Å². The molecule has 0 heterocycles. The quantitative estimate of drug-likeness (QED) is 0.471. The van der Waals surface area contributed by atoms with Crippen LogP contribution in [0.3, 0.4) is 0 Å². The van der Waals surface area contributed by atoms with Gasteiger partial charge in [-0.15, -0.1) is 0 Å². The van der Waals surface area contributed by atoms with Crippen LogP contribution in [0.15, 0.2) is 53.0 Å². The maximum Gasteiger partial charge on any atom is 0.336 e. The van der Waals surface area contributed by atoms with Gasteiger partial charge in [0.2, 0.25) is 6.29 Å². The number of benzene rings is 2. The number of hydrogen-bond donors (Lipinski definition) is 0. The Morgan fingerprint density at radius 2 is 1.85 bits per heavy atom. The minimum absolute atomic E-state index is 0.348. The van der Waals surface area contributed by atoms with Crippen LogP contribution in [0.2, 0.25) is 0 Å². The number of rotatable bonds is 4. The molecular weight excluding hydrogens is 320 g/mol. The van der Waals surface area contributed by atoms with Gasteiger partial charge in [0.25, 0.3) is 0 Å². The van der Waals surface area contributed by atoms with Crippen LogP contribution in [0.1, 0.15) is 13.8 Å². The summed E-state index contributed by atoms with van der Waals surface area (Å²) in [5.41, 5.74) is 0.348. The molecule has 4 heteroatoms. The van der Waals surface area contributed by atoms with Gasteiger partial charge >= 0.3 is 5.97 Å². The van der Waals surface area contributed by atoms with Crippen molar-refractivity contribution in [2.24, 2.45) is 0 Å². The zero-order valence-corrected chi connectivity index (χ0v) is 12.9. The highest BCUT2D eigenvalue weighted by Gasteiger charge is 2.13. The molecule has 2 rings (SSSR count). The van der Waals surface area contributed by atoms with E-state index in [1.165, 1.54) is 0 Å². The smallest absolute Gasteiger partial charge is 0.336 e. The van der Waals surface area contributed by atoms with Crippen molar-refractivity contribution in [3.05, 3.63) is 53.0 Å². The first kappa shape index (κ1) is 14.6. The van der Waals surface area contributed by atoms with E-state index in [0.29, 0.717) is 11.3 Å². The van der Waals surface area contributed by atoms with Crippen molar-refractivity contribution < 1.29 is 14.3 Å². The third kappa shape index (κ3) is 3.20. The molecule has 0 bridgehead atoms. The van der Waals surface area contributed by atoms with Gasteiger partial charge in [0, 0.05) is 22.4 Å². The number of fused-ring (bicyclic) bond motifs is 1. The number of esters is 1. The first-order chi connectivity index (χ1) is 9.49. The van der Waals surface area contributed by atoms with Crippen molar-refractivity contribution in [3.63, 3.8) is 0 Å². The van der Waals surface area contributed by atoms with Crippen LogP contribution in [0.5, 0.6) is 5.75 Å². The summed E-state index contributed by atoms with van der Waals surface area (Å²) < 4.78 is 11.8. The number of hydrogen-bond acceptors (Lipinski definition) is 3. The molecule has 0 radical (unpaired) electrons. The van der Waals surface area contributed by atoms with Crippen molar-refractivity contribution >= 4 is 32.7 Å². The SMILES string of the molecule is C=C(C)C(=O)OC(C)Oc1ccc(Br)c2ccccc12. The number of carbonyl (C=O) groups excluding carboxylic acids is 1. The van der Waals surface area contributed by atoms with E-state index in [1.54, 1.807) is 13.8 Å². The van der Waals surface area contributed by atoms with Crippen molar-refractivity contribution in [1.29, 1.82) is 0 Å². The largest absolute Gasteiger partial charge is 0.454 e. The average molecular weight is 335 g/mol. The predicted octanol–water partition coefficient (Wildman–Crippen LogP) is 4.45. The van der Waals surface area contributed by atoms with Crippen LogP contribution in [0.25, 0.3) is 10.8 Å². The van der Waals surface area contributed by atoms with E-state index < -0.39 is 12.3 Å². The molecule has 0 aromatic heterocycles. The van der Waals surface area contributed by atoms with Crippen molar-refractivity contribution in [3.8, 4) is 5.75 Å². The van der Waals surface area contributed by atoms with E-state index in [-0.39, 0.29) is 0 Å². The molecule has 0 aliphatic heterocycles. The summed E-state index contributed by atoms with van der Waals surface area (Å²) in [7, 11) is 0. The van der Waals surface area contributed by atoms with Crippen LogP contribution >= 0.6 is 15.9 Å². The second kappa shape index (κ2) is 6.09. The first-order valence-electron chi connectivity index (χ1n) is 6.19. The lowest BCUT2D eigenvalue weighted by molar-refractivity contribution is -0.156. The Balaban J connectivity index is 2.24. The summed E-state index contributed by atoms with van der Waals surface area (Å²) in [6.07, 6.45) is -0.677. The highest BCUT2D eigenvalue weighted by atomic mass is 79.9. The van der Waals surface area contributed by atoms with E-state index in [9.17, 15) is 4.79 Å². The molecule has 104 valence electrons. The highest BCUT2D eigenvalue weighted by Crippen LogP contribution is 2.32. The summed E-state index contributed by atoms with van der Waals surface area (Å²) >= 11 is 3.50. The lowest BCUT2D eigenvalue weighted by Crippen LogP contribution is -2.21. The topological polar surface area (TPSA) is 35.5 Å². The summed E-state index contributed by atoms with van der Waals surface area (Å²) in [5, 5.41) is 2.00. The van der Waals surface area contributed by atoms with Gasteiger partial charge in [-0.05, 0) is 24.4 Å². The maximum absolute atomic E-state index is 11.5. The number of halogens is 1. The predicted molar refractivity (Wildman–Crippen MR) is 82.6 cm³/mol.